The molecule has 72 valence electrons. The summed E-state index contributed by atoms with van der Waals surface area (Å²) < 4.78 is 0. The topological polar surface area (TPSA) is 12.0 Å². The van der Waals surface area contributed by atoms with Crippen LogP contribution in [0.5, 0.6) is 0 Å². The van der Waals surface area contributed by atoms with Gasteiger partial charge in [0.25, 0.3) is 0 Å². The van der Waals surface area contributed by atoms with Crippen molar-refractivity contribution in [3.63, 3.8) is 0 Å². The van der Waals surface area contributed by atoms with Crippen LogP contribution in [-0.2, 0) is 0 Å². The van der Waals surface area contributed by atoms with Crippen molar-refractivity contribution in [3.05, 3.63) is 28.8 Å². The minimum atomic E-state index is 0.500. The molecule has 0 aromatic heterocycles. The third-order valence-electron chi connectivity index (χ3n) is 2.11. The van der Waals surface area contributed by atoms with Crippen LogP contribution in [0.1, 0.15) is 30.5 Å². The molecule has 0 aliphatic heterocycles. The monoisotopic (exact) mass is 177 g/mol. The highest BCUT2D eigenvalue weighted by molar-refractivity contribution is 5.58. The molecule has 0 unspecified atom stereocenters. The summed E-state index contributed by atoms with van der Waals surface area (Å²) in [5, 5.41) is 3.47. The number of benzene rings is 1. The van der Waals surface area contributed by atoms with Crippen molar-refractivity contribution in [2.24, 2.45) is 0 Å². The van der Waals surface area contributed by atoms with Crippen LogP contribution in [0.25, 0.3) is 0 Å². The molecule has 0 radical (unpaired) electrons. The van der Waals surface area contributed by atoms with E-state index < -0.39 is 0 Å². The molecule has 1 heteroatoms. The lowest BCUT2D eigenvalue weighted by molar-refractivity contribution is 0.894. The maximum absolute atomic E-state index is 3.47. The quantitative estimate of drug-likeness (QED) is 0.729. The number of rotatable bonds is 2. The van der Waals surface area contributed by atoms with Crippen molar-refractivity contribution >= 4 is 5.69 Å². The fraction of sp³-hybridized carbons (Fsp3) is 0.500. The highest BCUT2D eigenvalue weighted by atomic mass is 14.9. The lowest BCUT2D eigenvalue weighted by atomic mass is 10.0. The molecule has 1 N–H and O–H groups in total. The largest absolute Gasteiger partial charge is 0.382 e. The van der Waals surface area contributed by atoms with E-state index in [1.165, 1.54) is 22.4 Å². The molecule has 1 rings (SSSR count). The van der Waals surface area contributed by atoms with E-state index in [1.54, 1.807) is 0 Å². The minimum absolute atomic E-state index is 0.500. The summed E-state index contributed by atoms with van der Waals surface area (Å²) in [6.45, 7) is 10.8. The molecule has 0 spiro atoms. The van der Waals surface area contributed by atoms with E-state index in [0.717, 1.165) is 0 Å². The summed E-state index contributed by atoms with van der Waals surface area (Å²) >= 11 is 0. The Morgan fingerprint density at radius 2 is 1.46 bits per heavy atom. The lowest BCUT2D eigenvalue weighted by Crippen LogP contribution is -2.12. The average Bonchev–Trinajstić information content (AvgIpc) is 1.96. The van der Waals surface area contributed by atoms with Gasteiger partial charge in [-0.15, -0.1) is 0 Å². The van der Waals surface area contributed by atoms with Gasteiger partial charge in [-0.2, -0.15) is 0 Å². The summed E-state index contributed by atoms with van der Waals surface area (Å²) in [5.74, 6) is 0. The summed E-state index contributed by atoms with van der Waals surface area (Å²) in [5.41, 5.74) is 5.31. The van der Waals surface area contributed by atoms with E-state index in [2.05, 4.69) is 52.1 Å². The van der Waals surface area contributed by atoms with Gasteiger partial charge in [-0.05, 0) is 45.7 Å². The Labute approximate surface area is 81.2 Å². The van der Waals surface area contributed by atoms with E-state index in [0.29, 0.717) is 6.04 Å². The first-order valence-corrected chi connectivity index (χ1v) is 4.85. The van der Waals surface area contributed by atoms with Gasteiger partial charge in [0.1, 0.15) is 0 Å². The first-order valence-electron chi connectivity index (χ1n) is 4.85. The van der Waals surface area contributed by atoms with Crippen LogP contribution in [0.2, 0.25) is 0 Å². The van der Waals surface area contributed by atoms with Crippen LogP contribution >= 0.6 is 0 Å². The van der Waals surface area contributed by atoms with Crippen molar-refractivity contribution < 1.29 is 0 Å². The molecule has 0 saturated carbocycles. The van der Waals surface area contributed by atoms with E-state index in [-0.39, 0.29) is 0 Å². The zero-order valence-corrected chi connectivity index (χ0v) is 9.23. The number of hydrogen-bond donors (Lipinski definition) is 1. The number of nitrogens with one attached hydrogen (secondary N) is 1. The predicted molar refractivity (Wildman–Crippen MR) is 59.4 cm³/mol. The predicted octanol–water partition coefficient (Wildman–Crippen LogP) is 3.43. The van der Waals surface area contributed by atoms with Crippen LogP contribution < -0.4 is 5.32 Å². The molecular formula is C12H19N. The Kier molecular flexibility index (Phi) is 2.97. The summed E-state index contributed by atoms with van der Waals surface area (Å²) in [7, 11) is 0. The molecule has 0 saturated heterocycles. The second-order valence-corrected chi connectivity index (χ2v) is 4.07. The smallest absolute Gasteiger partial charge is 0.0401 e. The van der Waals surface area contributed by atoms with Crippen LogP contribution in [0.15, 0.2) is 12.1 Å². The summed E-state index contributed by atoms with van der Waals surface area (Å²) in [6.07, 6.45) is 0. The molecule has 0 atom stereocenters. The lowest BCUT2D eigenvalue weighted by Gasteiger charge is -2.16. The van der Waals surface area contributed by atoms with Gasteiger partial charge in [0.15, 0.2) is 0 Å². The maximum Gasteiger partial charge on any atom is 0.0401 e. The molecule has 0 bridgehead atoms. The highest BCUT2D eigenvalue weighted by Crippen LogP contribution is 2.22. The third-order valence-corrected chi connectivity index (χ3v) is 2.11. The van der Waals surface area contributed by atoms with E-state index in [4.69, 9.17) is 0 Å². The van der Waals surface area contributed by atoms with Crippen LogP contribution in [0.3, 0.4) is 0 Å². The Hall–Kier alpha value is -0.980. The van der Waals surface area contributed by atoms with Gasteiger partial charge >= 0.3 is 0 Å². The van der Waals surface area contributed by atoms with Crippen LogP contribution in [0.4, 0.5) is 5.69 Å². The SMILES string of the molecule is Cc1cc(C)c(NC(C)C)c(C)c1. The molecule has 0 amide bonds. The van der Waals surface area contributed by atoms with E-state index in [9.17, 15) is 0 Å². The molecule has 0 aliphatic rings. The Morgan fingerprint density at radius 1 is 1.00 bits per heavy atom. The zero-order chi connectivity index (χ0) is 10.0. The molecule has 1 aromatic carbocycles. The first-order chi connectivity index (χ1) is 6.00. The van der Waals surface area contributed by atoms with Gasteiger partial charge in [0.05, 0.1) is 0 Å². The molecule has 0 fully saturated rings. The molecule has 1 nitrogen and oxygen atoms in total. The fourth-order valence-corrected chi connectivity index (χ4v) is 1.70. The number of anilines is 1. The van der Waals surface area contributed by atoms with Crippen molar-refractivity contribution in [3.8, 4) is 0 Å². The van der Waals surface area contributed by atoms with E-state index in [1.807, 2.05) is 0 Å². The first kappa shape index (κ1) is 10.1. The summed E-state index contributed by atoms with van der Waals surface area (Å²) in [6, 6.07) is 4.94. The molecule has 0 aliphatic carbocycles. The molecular weight excluding hydrogens is 158 g/mol. The van der Waals surface area contributed by atoms with Crippen molar-refractivity contribution in [1.29, 1.82) is 0 Å². The summed E-state index contributed by atoms with van der Waals surface area (Å²) in [4.78, 5) is 0. The number of aryl methyl sites for hydroxylation is 3. The van der Waals surface area contributed by atoms with Gasteiger partial charge in [0, 0.05) is 11.7 Å². The Morgan fingerprint density at radius 3 is 1.85 bits per heavy atom. The van der Waals surface area contributed by atoms with E-state index >= 15 is 0 Å². The van der Waals surface area contributed by atoms with Gasteiger partial charge in [-0.25, -0.2) is 0 Å². The second-order valence-electron chi connectivity index (χ2n) is 4.07. The van der Waals surface area contributed by atoms with Gasteiger partial charge < -0.3 is 5.32 Å². The minimum Gasteiger partial charge on any atom is -0.382 e. The Balaban J connectivity index is 3.06. The van der Waals surface area contributed by atoms with Crippen molar-refractivity contribution in [2.45, 2.75) is 40.7 Å². The maximum atomic E-state index is 3.47. The Bertz CT molecular complexity index is 277. The molecule has 1 aromatic rings. The standard InChI is InChI=1S/C12H19N/c1-8(2)13-12-10(4)6-9(3)7-11(12)5/h6-8,13H,1-5H3. The zero-order valence-electron chi connectivity index (χ0n) is 9.23. The number of hydrogen-bond acceptors (Lipinski definition) is 1. The fourth-order valence-electron chi connectivity index (χ4n) is 1.70. The molecule has 0 heterocycles. The third kappa shape index (κ3) is 2.48. The second kappa shape index (κ2) is 3.82. The van der Waals surface area contributed by atoms with Crippen molar-refractivity contribution in [1.82, 2.24) is 0 Å². The average molecular weight is 177 g/mol. The van der Waals surface area contributed by atoms with Crippen LogP contribution in [0, 0.1) is 20.8 Å². The van der Waals surface area contributed by atoms with Gasteiger partial charge in [0.2, 0.25) is 0 Å². The highest BCUT2D eigenvalue weighted by Gasteiger charge is 2.03. The van der Waals surface area contributed by atoms with Gasteiger partial charge in [-0.3, -0.25) is 0 Å². The normalized spacial score (nSPS) is 10.6. The molecule has 13 heavy (non-hydrogen) atoms. The van der Waals surface area contributed by atoms with Crippen molar-refractivity contribution in [2.75, 3.05) is 5.32 Å². The van der Waals surface area contributed by atoms with Gasteiger partial charge in [-0.1, -0.05) is 17.7 Å². The van der Waals surface area contributed by atoms with Crippen LogP contribution in [-0.4, -0.2) is 6.04 Å².